The Balaban J connectivity index is 0.00000108. The summed E-state index contributed by atoms with van der Waals surface area (Å²) >= 11 is 1.16. The fourth-order valence-corrected chi connectivity index (χ4v) is 2.68. The zero-order chi connectivity index (χ0) is 11.1. The first kappa shape index (κ1) is 13.1. The molecule has 78 valence electrons. The van der Waals surface area contributed by atoms with Crippen molar-refractivity contribution in [2.24, 2.45) is 0 Å². The first-order valence-corrected chi connectivity index (χ1v) is 5.57. The number of benzene rings is 2. The second-order valence-corrected chi connectivity index (χ2v) is 4.44. The number of hydrogen-bond donors (Lipinski definition) is 0. The van der Waals surface area contributed by atoms with Gasteiger partial charge in [0.1, 0.15) is 11.0 Å². The van der Waals surface area contributed by atoms with Crippen molar-refractivity contribution in [3.63, 3.8) is 0 Å². The third-order valence-electron chi connectivity index (χ3n) is 2.45. The van der Waals surface area contributed by atoms with Crippen LogP contribution in [0.15, 0.2) is 36.4 Å². The minimum atomic E-state index is -1.22. The van der Waals surface area contributed by atoms with Crippen molar-refractivity contribution in [1.29, 1.82) is 0 Å². The molecule has 1 heterocycles. The smallest absolute Gasteiger partial charge is 0.542 e. The fourth-order valence-electron chi connectivity index (χ4n) is 1.74. The normalized spacial score (nSPS) is 10.4. The van der Waals surface area contributed by atoms with E-state index in [4.69, 9.17) is 0 Å². The number of carbonyl (C=O) groups is 1. The number of fused-ring (bicyclic) bond motifs is 3. The predicted molar refractivity (Wildman–Crippen MR) is 61.5 cm³/mol. The maximum atomic E-state index is 10.7. The van der Waals surface area contributed by atoms with Crippen LogP contribution >= 0.6 is 11.3 Å². The van der Waals surface area contributed by atoms with Crippen molar-refractivity contribution in [1.82, 2.24) is 4.98 Å². The fraction of sp³-hybridized carbons (Fsp3) is 0. The van der Waals surface area contributed by atoms with Crippen molar-refractivity contribution in [3.05, 3.63) is 41.4 Å². The molecule has 0 N–H and O–H groups in total. The Morgan fingerprint density at radius 1 is 1.18 bits per heavy atom. The van der Waals surface area contributed by atoms with E-state index in [1.807, 2.05) is 36.4 Å². The molecule has 0 saturated heterocycles. The molecular weight excluding hydrogens is 261 g/mol. The number of hydrogen-bond acceptors (Lipinski definition) is 4. The molecule has 0 radical (unpaired) electrons. The van der Waals surface area contributed by atoms with E-state index >= 15 is 0 Å². The Kier molecular flexibility index (Phi) is 3.97. The topological polar surface area (TPSA) is 53.0 Å². The molecule has 0 amide bonds. The standard InChI is InChI=1S/C12H7NO2S.K/c14-12(15)11-13-9-6-5-7-3-1-2-4-8(7)10(9)16-11;/h1-6H,(H,14,15);/q;+1/p-1. The Hall–Kier alpha value is -0.304. The third-order valence-corrected chi connectivity index (χ3v) is 3.54. The van der Waals surface area contributed by atoms with Crippen LogP contribution in [0.1, 0.15) is 9.80 Å². The van der Waals surface area contributed by atoms with E-state index in [9.17, 15) is 9.90 Å². The molecule has 3 nitrogen and oxygen atoms in total. The minimum Gasteiger partial charge on any atom is -0.542 e. The maximum Gasteiger partial charge on any atom is 1.00 e. The summed E-state index contributed by atoms with van der Waals surface area (Å²) in [6.45, 7) is 0. The molecule has 0 aliphatic carbocycles. The first-order chi connectivity index (χ1) is 7.75. The van der Waals surface area contributed by atoms with Crippen LogP contribution in [0, 0.1) is 0 Å². The molecule has 1 aromatic heterocycles. The van der Waals surface area contributed by atoms with E-state index in [1.165, 1.54) is 0 Å². The largest absolute Gasteiger partial charge is 1.00 e. The molecule has 3 aromatic rings. The van der Waals surface area contributed by atoms with Gasteiger partial charge in [0.15, 0.2) is 0 Å². The molecule has 17 heavy (non-hydrogen) atoms. The number of carboxylic acids is 1. The minimum absolute atomic E-state index is 0. The van der Waals surface area contributed by atoms with Crippen molar-refractivity contribution >= 4 is 38.3 Å². The zero-order valence-corrected chi connectivity index (χ0v) is 13.1. The van der Waals surface area contributed by atoms with Gasteiger partial charge in [-0.2, -0.15) is 0 Å². The molecule has 0 aliphatic rings. The number of carbonyl (C=O) groups excluding carboxylic acids is 1. The summed E-state index contributed by atoms with van der Waals surface area (Å²) in [6, 6.07) is 11.6. The van der Waals surface area contributed by atoms with E-state index < -0.39 is 5.97 Å². The number of nitrogens with zero attached hydrogens (tertiary/aromatic N) is 1. The molecule has 0 unspecified atom stereocenters. The SMILES string of the molecule is O=C([O-])c1nc2ccc3ccccc3c2s1.[K+]. The number of carboxylic acid groups (broad SMARTS) is 1. The second kappa shape index (κ2) is 5.13. The Morgan fingerprint density at radius 2 is 1.94 bits per heavy atom. The van der Waals surface area contributed by atoms with Crippen LogP contribution in [0.3, 0.4) is 0 Å². The quantitative estimate of drug-likeness (QED) is 0.521. The average Bonchev–Trinajstić information content (AvgIpc) is 2.73. The van der Waals surface area contributed by atoms with Crippen LogP contribution in [-0.2, 0) is 0 Å². The van der Waals surface area contributed by atoms with Crippen molar-refractivity contribution in [2.45, 2.75) is 0 Å². The summed E-state index contributed by atoms with van der Waals surface area (Å²) in [5.41, 5.74) is 0.711. The summed E-state index contributed by atoms with van der Waals surface area (Å²) in [6.07, 6.45) is 0. The molecule has 0 bridgehead atoms. The van der Waals surface area contributed by atoms with Gasteiger partial charge in [0, 0.05) is 5.39 Å². The van der Waals surface area contributed by atoms with Gasteiger partial charge in [-0.3, -0.25) is 0 Å². The second-order valence-electron chi connectivity index (χ2n) is 3.44. The Labute approximate surface area is 144 Å². The molecule has 5 heteroatoms. The van der Waals surface area contributed by atoms with Gasteiger partial charge >= 0.3 is 51.4 Å². The summed E-state index contributed by atoms with van der Waals surface area (Å²) in [7, 11) is 0. The number of aromatic nitrogens is 1. The van der Waals surface area contributed by atoms with Gasteiger partial charge in [-0.15, -0.1) is 11.3 Å². The molecule has 0 saturated carbocycles. The summed E-state index contributed by atoms with van der Waals surface area (Å²) in [5.74, 6) is -1.22. The van der Waals surface area contributed by atoms with Crippen LogP contribution in [0.25, 0.3) is 21.0 Å². The van der Waals surface area contributed by atoms with E-state index in [0.29, 0.717) is 5.52 Å². The molecule has 2 aromatic carbocycles. The summed E-state index contributed by atoms with van der Waals surface area (Å²) < 4.78 is 0.900. The molecular formula is C12H6KNO2S. The van der Waals surface area contributed by atoms with E-state index in [-0.39, 0.29) is 56.4 Å². The number of rotatable bonds is 1. The zero-order valence-electron chi connectivity index (χ0n) is 9.14. The average molecular weight is 267 g/mol. The summed E-state index contributed by atoms with van der Waals surface area (Å²) in [4.78, 5) is 14.8. The van der Waals surface area contributed by atoms with Gasteiger partial charge in [0.2, 0.25) is 0 Å². The first-order valence-electron chi connectivity index (χ1n) is 4.75. The van der Waals surface area contributed by atoms with Gasteiger partial charge in [-0.1, -0.05) is 30.3 Å². The van der Waals surface area contributed by atoms with Gasteiger partial charge in [-0.05, 0) is 11.5 Å². The Morgan fingerprint density at radius 3 is 2.71 bits per heavy atom. The Bertz CT molecular complexity index is 708. The van der Waals surface area contributed by atoms with Crippen LogP contribution in [0.4, 0.5) is 0 Å². The van der Waals surface area contributed by atoms with Gasteiger partial charge in [0.25, 0.3) is 0 Å². The maximum absolute atomic E-state index is 10.7. The van der Waals surface area contributed by atoms with Crippen LogP contribution < -0.4 is 56.5 Å². The predicted octanol–water partition coefficient (Wildman–Crippen LogP) is -1.18. The van der Waals surface area contributed by atoms with E-state index in [1.54, 1.807) is 0 Å². The molecule has 0 fully saturated rings. The van der Waals surface area contributed by atoms with Crippen molar-refractivity contribution < 1.29 is 61.3 Å². The number of thiazole rings is 1. The molecule has 0 atom stereocenters. The number of aromatic carboxylic acids is 1. The van der Waals surface area contributed by atoms with Crippen molar-refractivity contribution in [2.75, 3.05) is 0 Å². The van der Waals surface area contributed by atoms with Crippen LogP contribution in [0.5, 0.6) is 0 Å². The van der Waals surface area contributed by atoms with E-state index in [2.05, 4.69) is 4.98 Å². The summed E-state index contributed by atoms with van der Waals surface area (Å²) in [5, 5.41) is 12.9. The third kappa shape index (κ3) is 2.31. The van der Waals surface area contributed by atoms with Gasteiger partial charge in [-0.25, -0.2) is 4.98 Å². The van der Waals surface area contributed by atoms with Crippen molar-refractivity contribution in [3.8, 4) is 0 Å². The van der Waals surface area contributed by atoms with Crippen LogP contribution in [-0.4, -0.2) is 11.0 Å². The van der Waals surface area contributed by atoms with Gasteiger partial charge < -0.3 is 9.90 Å². The van der Waals surface area contributed by atoms with Gasteiger partial charge in [0.05, 0.1) is 10.2 Å². The monoisotopic (exact) mass is 267 g/mol. The molecule has 0 spiro atoms. The van der Waals surface area contributed by atoms with Crippen LogP contribution in [0.2, 0.25) is 0 Å². The molecule has 0 aliphatic heterocycles. The van der Waals surface area contributed by atoms with E-state index in [0.717, 1.165) is 26.8 Å². The molecule has 3 rings (SSSR count).